The van der Waals surface area contributed by atoms with Crippen LogP contribution >= 0.6 is 0 Å². The van der Waals surface area contributed by atoms with Gasteiger partial charge >= 0.3 is 0 Å². The predicted molar refractivity (Wildman–Crippen MR) is 77.9 cm³/mol. The molecule has 0 heterocycles. The smallest absolute Gasteiger partial charge is 0.150 e. The molecule has 0 bridgehead atoms. The van der Waals surface area contributed by atoms with Crippen LogP contribution in [0.15, 0.2) is 42.5 Å². The Bertz CT molecular complexity index is 586. The highest BCUT2D eigenvalue weighted by Gasteiger charge is 2.12. The summed E-state index contributed by atoms with van der Waals surface area (Å²) >= 11 is 0. The van der Waals surface area contributed by atoms with Crippen molar-refractivity contribution in [2.45, 2.75) is 19.8 Å². The third kappa shape index (κ3) is 2.68. The van der Waals surface area contributed by atoms with Gasteiger partial charge in [-0.1, -0.05) is 44.2 Å². The van der Waals surface area contributed by atoms with Crippen LogP contribution in [0.5, 0.6) is 5.75 Å². The van der Waals surface area contributed by atoms with Crippen LogP contribution in [0.2, 0.25) is 0 Å². The number of hydrogen-bond acceptors (Lipinski definition) is 2. The van der Waals surface area contributed by atoms with Crippen LogP contribution in [-0.4, -0.2) is 13.4 Å². The van der Waals surface area contributed by atoms with Crippen molar-refractivity contribution in [3.63, 3.8) is 0 Å². The molecule has 0 saturated heterocycles. The Morgan fingerprint density at radius 1 is 1.05 bits per heavy atom. The molecule has 0 amide bonds. The molecule has 0 aliphatic heterocycles. The van der Waals surface area contributed by atoms with Crippen molar-refractivity contribution in [1.29, 1.82) is 0 Å². The number of carbonyl (C=O) groups excluding carboxylic acids is 1. The number of carbonyl (C=O) groups is 1. The average molecular weight is 254 g/mol. The van der Waals surface area contributed by atoms with E-state index in [0.717, 1.165) is 23.2 Å². The lowest BCUT2D eigenvalue weighted by Crippen LogP contribution is -1.95. The summed E-state index contributed by atoms with van der Waals surface area (Å²) in [4.78, 5) is 10.8. The van der Waals surface area contributed by atoms with Crippen LogP contribution in [0, 0.1) is 0 Å². The molecular formula is C17H18O2. The molecule has 0 saturated carbocycles. The Balaban J connectivity index is 2.61. The molecule has 0 aliphatic rings. The number of hydrogen-bond donors (Lipinski definition) is 0. The second kappa shape index (κ2) is 5.70. The molecule has 0 N–H and O–H groups in total. The van der Waals surface area contributed by atoms with E-state index in [1.165, 1.54) is 5.56 Å². The first-order chi connectivity index (χ1) is 9.17. The maximum absolute atomic E-state index is 10.8. The molecular weight excluding hydrogens is 236 g/mol. The highest BCUT2D eigenvalue weighted by atomic mass is 16.5. The largest absolute Gasteiger partial charge is 0.496 e. The number of methoxy groups -OCH3 is 1. The van der Waals surface area contributed by atoms with Gasteiger partial charge in [0, 0.05) is 11.1 Å². The van der Waals surface area contributed by atoms with Crippen LogP contribution in [0.1, 0.15) is 35.7 Å². The lowest BCUT2D eigenvalue weighted by molar-refractivity contribution is 0.112. The third-order valence-electron chi connectivity index (χ3n) is 3.23. The SMILES string of the molecule is COc1cc(C=O)ccc1-c1ccccc1C(C)C. The molecule has 0 radical (unpaired) electrons. The van der Waals surface area contributed by atoms with Crippen LogP contribution in [0.4, 0.5) is 0 Å². The fraction of sp³-hybridized carbons (Fsp3) is 0.235. The second-order valence-electron chi connectivity index (χ2n) is 4.82. The van der Waals surface area contributed by atoms with Gasteiger partial charge in [0.05, 0.1) is 7.11 Å². The zero-order valence-electron chi connectivity index (χ0n) is 11.5. The first-order valence-corrected chi connectivity index (χ1v) is 6.40. The average Bonchev–Trinajstić information content (AvgIpc) is 2.46. The van der Waals surface area contributed by atoms with E-state index >= 15 is 0 Å². The molecule has 2 aromatic carbocycles. The molecule has 2 nitrogen and oxygen atoms in total. The van der Waals surface area contributed by atoms with Gasteiger partial charge in [0.25, 0.3) is 0 Å². The van der Waals surface area contributed by atoms with Gasteiger partial charge in [-0.05, 0) is 29.2 Å². The highest BCUT2D eigenvalue weighted by Crippen LogP contribution is 2.35. The molecule has 0 aliphatic carbocycles. The molecule has 0 aromatic heterocycles. The zero-order chi connectivity index (χ0) is 13.8. The normalized spacial score (nSPS) is 10.5. The minimum absolute atomic E-state index is 0.437. The van der Waals surface area contributed by atoms with Gasteiger partial charge in [-0.3, -0.25) is 4.79 Å². The molecule has 98 valence electrons. The molecule has 19 heavy (non-hydrogen) atoms. The summed E-state index contributed by atoms with van der Waals surface area (Å²) in [6.07, 6.45) is 0.834. The van der Waals surface area contributed by atoms with Gasteiger partial charge in [0.1, 0.15) is 12.0 Å². The monoisotopic (exact) mass is 254 g/mol. The molecule has 2 heteroatoms. The lowest BCUT2D eigenvalue weighted by Gasteiger charge is -2.15. The first-order valence-electron chi connectivity index (χ1n) is 6.40. The van der Waals surface area contributed by atoms with Crippen molar-refractivity contribution < 1.29 is 9.53 Å². The maximum Gasteiger partial charge on any atom is 0.150 e. The van der Waals surface area contributed by atoms with Crippen LogP contribution in [0.25, 0.3) is 11.1 Å². The minimum atomic E-state index is 0.437. The summed E-state index contributed by atoms with van der Waals surface area (Å²) in [5, 5.41) is 0. The standard InChI is InChI=1S/C17H18O2/c1-12(2)14-6-4-5-7-15(14)16-9-8-13(11-18)10-17(16)19-3/h4-12H,1-3H3. The van der Waals surface area contributed by atoms with E-state index in [9.17, 15) is 4.79 Å². The summed E-state index contributed by atoms with van der Waals surface area (Å²) < 4.78 is 5.42. The lowest BCUT2D eigenvalue weighted by atomic mass is 9.92. The van der Waals surface area contributed by atoms with Crippen LogP contribution < -0.4 is 4.74 Å². The summed E-state index contributed by atoms with van der Waals surface area (Å²) in [5.74, 6) is 1.17. The van der Waals surface area contributed by atoms with Crippen molar-refractivity contribution >= 4 is 6.29 Å². The van der Waals surface area contributed by atoms with Gasteiger partial charge in [-0.2, -0.15) is 0 Å². The third-order valence-corrected chi connectivity index (χ3v) is 3.23. The summed E-state index contributed by atoms with van der Waals surface area (Å²) in [7, 11) is 1.63. The van der Waals surface area contributed by atoms with Gasteiger partial charge in [0.15, 0.2) is 0 Å². The van der Waals surface area contributed by atoms with E-state index in [-0.39, 0.29) is 0 Å². The Labute approximate surface area is 114 Å². The topological polar surface area (TPSA) is 26.3 Å². The van der Waals surface area contributed by atoms with E-state index in [2.05, 4.69) is 26.0 Å². The van der Waals surface area contributed by atoms with Gasteiger partial charge in [0.2, 0.25) is 0 Å². The quantitative estimate of drug-likeness (QED) is 0.760. The highest BCUT2D eigenvalue weighted by molar-refractivity contribution is 5.81. The van der Waals surface area contributed by atoms with E-state index in [4.69, 9.17) is 4.74 Å². The summed E-state index contributed by atoms with van der Waals surface area (Å²) in [6, 6.07) is 13.8. The van der Waals surface area contributed by atoms with E-state index in [1.54, 1.807) is 13.2 Å². The van der Waals surface area contributed by atoms with Crippen molar-refractivity contribution in [1.82, 2.24) is 0 Å². The maximum atomic E-state index is 10.8. The molecule has 0 unspecified atom stereocenters. The van der Waals surface area contributed by atoms with Gasteiger partial charge < -0.3 is 4.74 Å². The van der Waals surface area contributed by atoms with Crippen molar-refractivity contribution in [3.8, 4) is 16.9 Å². The van der Waals surface area contributed by atoms with Crippen molar-refractivity contribution in [3.05, 3.63) is 53.6 Å². The van der Waals surface area contributed by atoms with E-state index in [1.807, 2.05) is 24.3 Å². The fourth-order valence-electron chi connectivity index (χ4n) is 2.25. The fourth-order valence-corrected chi connectivity index (χ4v) is 2.25. The Morgan fingerprint density at radius 3 is 2.42 bits per heavy atom. The number of ether oxygens (including phenoxy) is 1. The minimum Gasteiger partial charge on any atom is -0.496 e. The number of benzene rings is 2. The number of rotatable bonds is 4. The second-order valence-corrected chi connectivity index (χ2v) is 4.82. The summed E-state index contributed by atoms with van der Waals surface area (Å²) in [6.45, 7) is 4.34. The van der Waals surface area contributed by atoms with Crippen molar-refractivity contribution in [2.24, 2.45) is 0 Å². The number of aldehydes is 1. The van der Waals surface area contributed by atoms with Crippen LogP contribution in [0.3, 0.4) is 0 Å². The zero-order valence-corrected chi connectivity index (χ0v) is 11.5. The van der Waals surface area contributed by atoms with Crippen LogP contribution in [-0.2, 0) is 0 Å². The molecule has 0 atom stereocenters. The molecule has 2 rings (SSSR count). The Morgan fingerprint density at radius 2 is 1.79 bits per heavy atom. The van der Waals surface area contributed by atoms with E-state index in [0.29, 0.717) is 11.5 Å². The van der Waals surface area contributed by atoms with E-state index < -0.39 is 0 Å². The molecule has 0 fully saturated rings. The first kappa shape index (κ1) is 13.3. The predicted octanol–water partition coefficient (Wildman–Crippen LogP) is 4.30. The Hall–Kier alpha value is -2.09. The van der Waals surface area contributed by atoms with Gasteiger partial charge in [-0.25, -0.2) is 0 Å². The molecule has 0 spiro atoms. The molecule has 2 aromatic rings. The van der Waals surface area contributed by atoms with Gasteiger partial charge in [-0.15, -0.1) is 0 Å². The Kier molecular flexibility index (Phi) is 4.00. The summed E-state index contributed by atoms with van der Waals surface area (Å²) in [5.41, 5.74) is 4.09. The van der Waals surface area contributed by atoms with Crippen molar-refractivity contribution in [2.75, 3.05) is 7.11 Å².